The summed E-state index contributed by atoms with van der Waals surface area (Å²) >= 11 is 0. The molecule has 1 aliphatic carbocycles. The van der Waals surface area contributed by atoms with Crippen LogP contribution in [0, 0.1) is 19.8 Å². The van der Waals surface area contributed by atoms with Gasteiger partial charge in [0, 0.05) is 0 Å². The number of hydrogen-bond donors (Lipinski definition) is 0. The first kappa shape index (κ1) is 14.9. The molecule has 0 aromatic heterocycles. The van der Waals surface area contributed by atoms with Crippen LogP contribution in [0.15, 0.2) is 72.8 Å². The molecule has 0 amide bonds. The molecular formula is C21H22Si. The zero-order valence-electron chi connectivity index (χ0n) is 13.5. The second-order valence-corrected chi connectivity index (χ2v) is 8.62. The SMILES string of the molecule is Cc1ccc([Si](=C2C=CC(C)C=C2)c2ccc(C)cc2)cc1. The third-order valence-electron chi connectivity index (χ3n) is 4.13. The summed E-state index contributed by atoms with van der Waals surface area (Å²) in [7, 11) is -0.914. The topological polar surface area (TPSA) is 0 Å². The summed E-state index contributed by atoms with van der Waals surface area (Å²) in [5.41, 5.74) is 2.64. The fraction of sp³-hybridized carbons (Fsp3) is 0.190. The van der Waals surface area contributed by atoms with Gasteiger partial charge in [0.2, 0.25) is 0 Å². The Morgan fingerprint density at radius 1 is 0.682 bits per heavy atom. The molecule has 22 heavy (non-hydrogen) atoms. The lowest BCUT2D eigenvalue weighted by atomic mass is 10.1. The van der Waals surface area contributed by atoms with Gasteiger partial charge in [-0.15, -0.1) is 0 Å². The average Bonchev–Trinajstić information content (AvgIpc) is 2.53. The Labute approximate surface area is 135 Å². The minimum absolute atomic E-state index is 0.544. The molecule has 0 heterocycles. The van der Waals surface area contributed by atoms with Gasteiger partial charge in [-0.25, -0.2) is 0 Å². The Balaban J connectivity index is 2.16. The minimum atomic E-state index is -0.914. The maximum atomic E-state index is 2.33. The van der Waals surface area contributed by atoms with Crippen molar-refractivity contribution in [3.63, 3.8) is 0 Å². The van der Waals surface area contributed by atoms with E-state index in [1.165, 1.54) is 26.7 Å². The Morgan fingerprint density at radius 2 is 1.09 bits per heavy atom. The zero-order valence-corrected chi connectivity index (χ0v) is 14.5. The van der Waals surface area contributed by atoms with Crippen molar-refractivity contribution >= 4 is 24.0 Å². The molecule has 3 rings (SSSR count). The average molecular weight is 302 g/mol. The lowest BCUT2D eigenvalue weighted by Gasteiger charge is -2.14. The summed E-state index contributed by atoms with van der Waals surface area (Å²) in [6.07, 6.45) is 9.28. The Bertz CT molecular complexity index is 680. The molecule has 0 bridgehead atoms. The zero-order chi connectivity index (χ0) is 15.5. The molecule has 0 spiro atoms. The number of aryl methyl sites for hydroxylation is 2. The third kappa shape index (κ3) is 3.25. The van der Waals surface area contributed by atoms with E-state index in [0.717, 1.165) is 0 Å². The Hall–Kier alpha value is -1.99. The predicted molar refractivity (Wildman–Crippen MR) is 99.8 cm³/mol. The van der Waals surface area contributed by atoms with E-state index in [1.54, 1.807) is 0 Å². The van der Waals surface area contributed by atoms with Crippen molar-refractivity contribution < 1.29 is 0 Å². The van der Waals surface area contributed by atoms with Gasteiger partial charge < -0.3 is 0 Å². The third-order valence-corrected chi connectivity index (χ3v) is 6.86. The molecule has 0 radical (unpaired) electrons. The van der Waals surface area contributed by atoms with Crippen molar-refractivity contribution in [2.45, 2.75) is 20.8 Å². The first-order valence-corrected chi connectivity index (χ1v) is 9.38. The molecule has 0 atom stereocenters. The molecule has 0 N–H and O–H groups in total. The molecule has 0 saturated heterocycles. The summed E-state index contributed by atoms with van der Waals surface area (Å²) < 4.78 is 0. The summed E-state index contributed by atoms with van der Waals surface area (Å²) in [6, 6.07) is 18.1. The Kier molecular flexibility index (Phi) is 4.35. The van der Waals surface area contributed by atoms with E-state index in [1.807, 2.05) is 0 Å². The molecule has 2 aromatic carbocycles. The summed E-state index contributed by atoms with van der Waals surface area (Å²) in [5, 5.41) is 4.38. The molecule has 110 valence electrons. The van der Waals surface area contributed by atoms with Gasteiger partial charge in [0.25, 0.3) is 0 Å². The molecule has 0 saturated carbocycles. The number of allylic oxidation sites excluding steroid dienone is 4. The van der Waals surface area contributed by atoms with Crippen molar-refractivity contribution in [1.82, 2.24) is 0 Å². The maximum Gasteiger partial charge on any atom is 0.0877 e. The van der Waals surface area contributed by atoms with E-state index in [4.69, 9.17) is 0 Å². The molecular weight excluding hydrogens is 280 g/mol. The molecule has 0 nitrogen and oxygen atoms in total. The number of benzene rings is 2. The summed E-state index contributed by atoms with van der Waals surface area (Å²) in [4.78, 5) is 0. The van der Waals surface area contributed by atoms with Crippen LogP contribution in [-0.2, 0) is 0 Å². The second kappa shape index (κ2) is 6.41. The highest BCUT2D eigenvalue weighted by Crippen LogP contribution is 2.07. The highest BCUT2D eigenvalue weighted by molar-refractivity contribution is 6.94. The van der Waals surface area contributed by atoms with E-state index in [2.05, 4.69) is 93.6 Å². The van der Waals surface area contributed by atoms with Crippen LogP contribution < -0.4 is 10.4 Å². The van der Waals surface area contributed by atoms with Crippen LogP contribution >= 0.6 is 0 Å². The molecule has 0 fully saturated rings. The highest BCUT2D eigenvalue weighted by atomic mass is 28.2. The van der Waals surface area contributed by atoms with Crippen LogP contribution in [0.3, 0.4) is 0 Å². The van der Waals surface area contributed by atoms with Crippen molar-refractivity contribution in [2.75, 3.05) is 0 Å². The van der Waals surface area contributed by atoms with Gasteiger partial charge in [0.1, 0.15) is 0 Å². The first-order chi connectivity index (χ1) is 10.6. The van der Waals surface area contributed by atoms with E-state index in [-0.39, 0.29) is 0 Å². The maximum absolute atomic E-state index is 2.33. The van der Waals surface area contributed by atoms with E-state index >= 15 is 0 Å². The van der Waals surface area contributed by atoms with E-state index < -0.39 is 8.41 Å². The molecule has 1 aliphatic rings. The minimum Gasteiger partial charge on any atom is -0.0777 e. The van der Waals surface area contributed by atoms with E-state index in [9.17, 15) is 0 Å². The van der Waals surface area contributed by atoms with Crippen molar-refractivity contribution in [1.29, 1.82) is 0 Å². The monoisotopic (exact) mass is 302 g/mol. The second-order valence-electron chi connectivity index (χ2n) is 6.14. The van der Waals surface area contributed by atoms with Gasteiger partial charge in [-0.2, -0.15) is 0 Å². The fourth-order valence-corrected chi connectivity index (χ4v) is 5.26. The van der Waals surface area contributed by atoms with Gasteiger partial charge >= 0.3 is 0 Å². The largest absolute Gasteiger partial charge is 0.0877 e. The Morgan fingerprint density at radius 3 is 1.50 bits per heavy atom. The van der Waals surface area contributed by atoms with Gasteiger partial charge in [-0.1, -0.05) is 90.9 Å². The van der Waals surface area contributed by atoms with Crippen molar-refractivity contribution in [2.24, 2.45) is 5.92 Å². The van der Waals surface area contributed by atoms with Gasteiger partial charge in [0.05, 0.1) is 8.41 Å². The lowest BCUT2D eigenvalue weighted by molar-refractivity contribution is 0.938. The van der Waals surface area contributed by atoms with Crippen molar-refractivity contribution in [3.05, 3.63) is 84.0 Å². The van der Waals surface area contributed by atoms with Crippen LogP contribution in [0.5, 0.6) is 0 Å². The van der Waals surface area contributed by atoms with Crippen molar-refractivity contribution in [3.8, 4) is 0 Å². The molecule has 0 aliphatic heterocycles. The lowest BCUT2D eigenvalue weighted by Crippen LogP contribution is -2.39. The van der Waals surface area contributed by atoms with Crippen LogP contribution in [0.1, 0.15) is 18.1 Å². The van der Waals surface area contributed by atoms with Crippen LogP contribution in [-0.4, -0.2) is 13.6 Å². The first-order valence-electron chi connectivity index (χ1n) is 7.88. The molecule has 0 unspecified atom stereocenters. The number of rotatable bonds is 2. The highest BCUT2D eigenvalue weighted by Gasteiger charge is 2.12. The van der Waals surface area contributed by atoms with Gasteiger partial charge in [-0.05, 0) is 35.3 Å². The smallest absolute Gasteiger partial charge is 0.0777 e. The molecule has 2 aromatic rings. The van der Waals surface area contributed by atoms with Crippen LogP contribution in [0.25, 0.3) is 0 Å². The quantitative estimate of drug-likeness (QED) is 0.746. The number of hydrogen-bond acceptors (Lipinski definition) is 0. The normalized spacial score (nSPS) is 16.9. The van der Waals surface area contributed by atoms with Gasteiger partial charge in [-0.3, -0.25) is 0 Å². The van der Waals surface area contributed by atoms with Crippen LogP contribution in [0.2, 0.25) is 0 Å². The standard InChI is InChI=1S/C21H22Si/c1-16-4-10-19(11-5-16)22(20-12-6-17(2)7-13-20)21-14-8-18(3)9-15-21/h4-16H,1-3H3. The molecule has 1 heteroatoms. The van der Waals surface area contributed by atoms with E-state index in [0.29, 0.717) is 5.92 Å². The summed E-state index contributed by atoms with van der Waals surface area (Å²) in [6.45, 7) is 6.53. The predicted octanol–water partition coefficient (Wildman–Crippen LogP) is 3.43. The fourth-order valence-electron chi connectivity index (χ4n) is 2.74. The van der Waals surface area contributed by atoms with Crippen LogP contribution in [0.4, 0.5) is 0 Å². The summed E-state index contributed by atoms with van der Waals surface area (Å²) in [5.74, 6) is 0.544. The van der Waals surface area contributed by atoms with Gasteiger partial charge in [0.15, 0.2) is 0 Å².